The summed E-state index contributed by atoms with van der Waals surface area (Å²) in [6.07, 6.45) is 6.46. The summed E-state index contributed by atoms with van der Waals surface area (Å²) < 4.78 is 10.8. The summed E-state index contributed by atoms with van der Waals surface area (Å²) in [5.74, 6) is 0. The third-order valence-electron chi connectivity index (χ3n) is 3.61. The Morgan fingerprint density at radius 1 is 1.44 bits per heavy atom. The van der Waals surface area contributed by atoms with Gasteiger partial charge in [-0.15, -0.1) is 0 Å². The monoisotopic (exact) mass is 225 g/mol. The van der Waals surface area contributed by atoms with E-state index in [-0.39, 0.29) is 5.60 Å². The molecule has 0 amide bonds. The molecule has 0 saturated carbocycles. The van der Waals surface area contributed by atoms with Gasteiger partial charge in [0.15, 0.2) is 0 Å². The van der Waals surface area contributed by atoms with Crippen LogP contribution in [0.4, 0.5) is 0 Å². The van der Waals surface area contributed by atoms with E-state index >= 15 is 0 Å². The number of methoxy groups -OCH3 is 1. The zero-order valence-corrected chi connectivity index (χ0v) is 10.7. The average molecular weight is 225 g/mol. The van der Waals surface area contributed by atoms with Crippen molar-refractivity contribution < 1.29 is 9.15 Å². The molecular formula is C13H23NO2. The number of furan rings is 1. The third kappa shape index (κ3) is 2.66. The van der Waals surface area contributed by atoms with Crippen molar-refractivity contribution in [3.8, 4) is 0 Å². The standard InChI is InChI=1S/C13H23NO2/c1-5-13(6-2,15-4)12(14-3)9-11-7-8-16-10-11/h7-8,10,12,14H,5-6,9H2,1-4H3. The summed E-state index contributed by atoms with van der Waals surface area (Å²) in [6, 6.07) is 2.32. The SMILES string of the molecule is CCC(CC)(OC)C(Cc1ccoc1)NC. The van der Waals surface area contributed by atoms with Crippen molar-refractivity contribution >= 4 is 0 Å². The molecule has 16 heavy (non-hydrogen) atoms. The van der Waals surface area contributed by atoms with Crippen molar-refractivity contribution in [3.63, 3.8) is 0 Å². The van der Waals surface area contributed by atoms with E-state index in [4.69, 9.17) is 9.15 Å². The maximum Gasteiger partial charge on any atom is 0.0935 e. The van der Waals surface area contributed by atoms with E-state index < -0.39 is 0 Å². The fourth-order valence-corrected chi connectivity index (χ4v) is 2.37. The van der Waals surface area contributed by atoms with Crippen molar-refractivity contribution in [2.45, 2.75) is 44.8 Å². The number of hydrogen-bond acceptors (Lipinski definition) is 3. The van der Waals surface area contributed by atoms with Gasteiger partial charge in [-0.05, 0) is 37.9 Å². The number of nitrogens with one attached hydrogen (secondary N) is 1. The summed E-state index contributed by atoms with van der Waals surface area (Å²) in [7, 11) is 3.79. The van der Waals surface area contributed by atoms with Gasteiger partial charge in [-0.25, -0.2) is 0 Å². The maximum atomic E-state index is 5.74. The Bertz CT molecular complexity index is 270. The Morgan fingerprint density at radius 2 is 2.12 bits per heavy atom. The van der Waals surface area contributed by atoms with Gasteiger partial charge in [-0.1, -0.05) is 13.8 Å². The first-order chi connectivity index (χ1) is 7.72. The molecule has 1 unspecified atom stereocenters. The highest BCUT2D eigenvalue weighted by molar-refractivity contribution is 5.10. The van der Waals surface area contributed by atoms with Crippen LogP contribution in [0.2, 0.25) is 0 Å². The molecule has 1 atom stereocenters. The first-order valence-corrected chi connectivity index (χ1v) is 5.95. The molecule has 0 bridgehead atoms. The van der Waals surface area contributed by atoms with Crippen molar-refractivity contribution in [1.29, 1.82) is 0 Å². The zero-order valence-electron chi connectivity index (χ0n) is 10.7. The van der Waals surface area contributed by atoms with Gasteiger partial charge in [0, 0.05) is 13.2 Å². The zero-order chi connectivity index (χ0) is 12.0. The number of ether oxygens (including phenoxy) is 1. The van der Waals surface area contributed by atoms with Crippen LogP contribution in [0, 0.1) is 0 Å². The molecule has 0 saturated heterocycles. The minimum absolute atomic E-state index is 0.0912. The van der Waals surface area contributed by atoms with E-state index in [0.29, 0.717) is 6.04 Å². The van der Waals surface area contributed by atoms with Crippen LogP contribution in [0.3, 0.4) is 0 Å². The van der Waals surface area contributed by atoms with Gasteiger partial charge < -0.3 is 14.5 Å². The van der Waals surface area contributed by atoms with E-state index in [2.05, 4.69) is 19.2 Å². The van der Waals surface area contributed by atoms with E-state index in [1.165, 1.54) is 5.56 Å². The minimum atomic E-state index is -0.0912. The fourth-order valence-electron chi connectivity index (χ4n) is 2.37. The van der Waals surface area contributed by atoms with Crippen LogP contribution < -0.4 is 5.32 Å². The molecule has 0 aliphatic rings. The van der Waals surface area contributed by atoms with Gasteiger partial charge in [0.25, 0.3) is 0 Å². The van der Waals surface area contributed by atoms with Crippen LogP contribution in [0.5, 0.6) is 0 Å². The van der Waals surface area contributed by atoms with E-state index in [1.54, 1.807) is 19.6 Å². The molecule has 0 radical (unpaired) electrons. The molecule has 1 heterocycles. The second-order valence-corrected chi connectivity index (χ2v) is 4.15. The van der Waals surface area contributed by atoms with Gasteiger partial charge >= 0.3 is 0 Å². The van der Waals surface area contributed by atoms with Crippen LogP contribution in [0.15, 0.2) is 23.0 Å². The van der Waals surface area contributed by atoms with Crippen LogP contribution >= 0.6 is 0 Å². The molecule has 92 valence electrons. The third-order valence-corrected chi connectivity index (χ3v) is 3.61. The second kappa shape index (κ2) is 6.06. The van der Waals surface area contributed by atoms with Gasteiger partial charge in [0.2, 0.25) is 0 Å². The number of rotatable bonds is 7. The first kappa shape index (κ1) is 13.3. The fraction of sp³-hybridized carbons (Fsp3) is 0.692. The summed E-state index contributed by atoms with van der Waals surface area (Å²) in [5.41, 5.74) is 1.12. The molecule has 0 aromatic carbocycles. The van der Waals surface area contributed by atoms with E-state index in [9.17, 15) is 0 Å². The lowest BCUT2D eigenvalue weighted by atomic mass is 9.85. The summed E-state index contributed by atoms with van der Waals surface area (Å²) in [4.78, 5) is 0. The van der Waals surface area contributed by atoms with Crippen molar-refractivity contribution in [1.82, 2.24) is 5.32 Å². The Labute approximate surface area is 98.2 Å². The summed E-state index contributed by atoms with van der Waals surface area (Å²) in [6.45, 7) is 4.35. The van der Waals surface area contributed by atoms with Gasteiger partial charge in [-0.3, -0.25) is 0 Å². The van der Waals surface area contributed by atoms with E-state index in [1.807, 2.05) is 13.1 Å². The van der Waals surface area contributed by atoms with Crippen LogP contribution in [0.25, 0.3) is 0 Å². The lowest BCUT2D eigenvalue weighted by molar-refractivity contribution is -0.0454. The Morgan fingerprint density at radius 3 is 2.50 bits per heavy atom. The average Bonchev–Trinajstić information content (AvgIpc) is 2.83. The quantitative estimate of drug-likeness (QED) is 0.774. The second-order valence-electron chi connectivity index (χ2n) is 4.15. The summed E-state index contributed by atoms with van der Waals surface area (Å²) >= 11 is 0. The first-order valence-electron chi connectivity index (χ1n) is 5.95. The highest BCUT2D eigenvalue weighted by Gasteiger charge is 2.34. The molecule has 1 aromatic heterocycles. The molecule has 0 fully saturated rings. The van der Waals surface area contributed by atoms with Gasteiger partial charge in [-0.2, -0.15) is 0 Å². The van der Waals surface area contributed by atoms with Crippen molar-refractivity contribution in [2.75, 3.05) is 14.2 Å². The topological polar surface area (TPSA) is 34.4 Å². The molecule has 0 aliphatic carbocycles. The molecule has 1 aromatic rings. The largest absolute Gasteiger partial charge is 0.472 e. The molecule has 1 rings (SSSR count). The van der Waals surface area contributed by atoms with Gasteiger partial charge in [0.1, 0.15) is 0 Å². The van der Waals surface area contributed by atoms with Crippen molar-refractivity contribution in [2.24, 2.45) is 0 Å². The highest BCUT2D eigenvalue weighted by atomic mass is 16.5. The maximum absolute atomic E-state index is 5.74. The minimum Gasteiger partial charge on any atom is -0.472 e. The Balaban J connectivity index is 2.78. The normalized spacial score (nSPS) is 14.0. The van der Waals surface area contributed by atoms with E-state index in [0.717, 1.165) is 19.3 Å². The van der Waals surface area contributed by atoms with Crippen LogP contribution in [0.1, 0.15) is 32.3 Å². The Kier molecular flexibility index (Phi) is 5.03. The Hall–Kier alpha value is -0.800. The lowest BCUT2D eigenvalue weighted by Gasteiger charge is -2.38. The molecule has 3 heteroatoms. The smallest absolute Gasteiger partial charge is 0.0935 e. The molecular weight excluding hydrogens is 202 g/mol. The predicted molar refractivity (Wildman–Crippen MR) is 65.6 cm³/mol. The molecule has 0 spiro atoms. The number of likely N-dealkylation sites (N-methyl/N-ethyl adjacent to an activating group) is 1. The highest BCUT2D eigenvalue weighted by Crippen LogP contribution is 2.26. The van der Waals surface area contributed by atoms with Gasteiger partial charge in [0.05, 0.1) is 18.1 Å². The summed E-state index contributed by atoms with van der Waals surface area (Å²) in [5, 5.41) is 3.37. The lowest BCUT2D eigenvalue weighted by Crippen LogP contribution is -2.51. The molecule has 0 aliphatic heterocycles. The molecule has 1 N–H and O–H groups in total. The van der Waals surface area contributed by atoms with Crippen LogP contribution in [-0.4, -0.2) is 25.8 Å². The van der Waals surface area contributed by atoms with Crippen LogP contribution in [-0.2, 0) is 11.2 Å². The predicted octanol–water partition coefficient (Wildman–Crippen LogP) is 2.62. The molecule has 3 nitrogen and oxygen atoms in total. The number of hydrogen-bond donors (Lipinski definition) is 1. The van der Waals surface area contributed by atoms with Crippen molar-refractivity contribution in [3.05, 3.63) is 24.2 Å².